The monoisotopic (exact) mass is 526 g/mol. The molecule has 0 radical (unpaired) electrons. The molecule has 3 aromatic heterocycles. The summed E-state index contributed by atoms with van der Waals surface area (Å²) in [6.07, 6.45) is 0. The molecule has 0 N–H and O–H groups in total. The van der Waals surface area contributed by atoms with Crippen molar-refractivity contribution in [3.05, 3.63) is 102 Å². The Kier molecular flexibility index (Phi) is 4.70. The van der Waals surface area contributed by atoms with Crippen LogP contribution in [0.1, 0.15) is 61.3 Å². The zero-order valence-electron chi connectivity index (χ0n) is 26.4. The smallest absolute Gasteiger partial charge is 0.227 e. The van der Waals surface area contributed by atoms with Gasteiger partial charge in [-0.3, -0.25) is 4.57 Å². The maximum absolute atomic E-state index is 7.85. The summed E-state index contributed by atoms with van der Waals surface area (Å²) < 4.78 is 32.4. The summed E-state index contributed by atoms with van der Waals surface area (Å²) in [5.74, 6) is 1.10. The average molecular weight is 527 g/mol. The molecule has 0 atom stereocenters. The summed E-state index contributed by atoms with van der Waals surface area (Å²) in [5.41, 5.74) is 8.56. The summed E-state index contributed by atoms with van der Waals surface area (Å²) in [7, 11) is 0. The van der Waals surface area contributed by atoms with Crippen molar-refractivity contribution in [2.24, 2.45) is 0 Å². The van der Waals surface area contributed by atoms with Crippen molar-refractivity contribution in [1.82, 2.24) is 14.5 Å². The minimum atomic E-state index is -2.19. The zero-order chi connectivity index (χ0) is 30.3. The van der Waals surface area contributed by atoms with Gasteiger partial charge in [-0.15, -0.1) is 0 Å². The van der Waals surface area contributed by atoms with Gasteiger partial charge in [0.05, 0.1) is 27.8 Å². The average Bonchev–Trinajstić information content (AvgIpc) is 3.52. The highest BCUT2D eigenvalue weighted by Crippen LogP contribution is 2.42. The maximum Gasteiger partial charge on any atom is 0.227 e. The predicted molar refractivity (Wildman–Crippen MR) is 167 cm³/mol. The highest BCUT2D eigenvalue weighted by atomic mass is 16.3. The van der Waals surface area contributed by atoms with Gasteiger partial charge in [0.25, 0.3) is 0 Å². The third-order valence-corrected chi connectivity index (χ3v) is 7.81. The van der Waals surface area contributed by atoms with Crippen molar-refractivity contribution in [2.75, 3.05) is 0 Å². The van der Waals surface area contributed by atoms with Crippen LogP contribution in [0.5, 0.6) is 0 Å². The summed E-state index contributed by atoms with van der Waals surface area (Å²) >= 11 is 0. The van der Waals surface area contributed by atoms with Crippen molar-refractivity contribution in [1.29, 1.82) is 0 Å². The Hall–Kier alpha value is -4.44. The zero-order valence-corrected chi connectivity index (χ0v) is 23.4. The van der Waals surface area contributed by atoms with E-state index in [-0.39, 0.29) is 5.41 Å². The van der Waals surface area contributed by atoms with Gasteiger partial charge in [-0.1, -0.05) is 88.7 Å². The van der Waals surface area contributed by atoms with Crippen LogP contribution in [0.4, 0.5) is 0 Å². The van der Waals surface area contributed by atoms with Crippen LogP contribution in [-0.2, 0) is 5.41 Å². The molecule has 0 amide bonds. The number of imidazole rings is 1. The van der Waals surface area contributed by atoms with Crippen molar-refractivity contribution >= 4 is 44.0 Å². The molecule has 0 aliphatic heterocycles. The van der Waals surface area contributed by atoms with Crippen molar-refractivity contribution < 1.29 is 8.53 Å². The number of hydrogen-bond donors (Lipinski definition) is 0. The largest absolute Gasteiger partial charge is 0.437 e. The molecule has 7 rings (SSSR count). The Morgan fingerprint density at radius 3 is 2.45 bits per heavy atom. The van der Waals surface area contributed by atoms with E-state index in [1.165, 1.54) is 11.1 Å². The molecule has 4 aromatic carbocycles. The fourth-order valence-corrected chi connectivity index (χ4v) is 5.88. The van der Waals surface area contributed by atoms with Crippen LogP contribution in [0.3, 0.4) is 0 Å². The number of aromatic nitrogens is 3. The number of hydrogen-bond acceptors (Lipinski definition) is 3. The molecular weight excluding hydrogens is 490 g/mol. The minimum Gasteiger partial charge on any atom is -0.437 e. The molecule has 4 heteroatoms. The second-order valence-corrected chi connectivity index (χ2v) is 11.9. The van der Waals surface area contributed by atoms with Crippen molar-refractivity contribution in [3.8, 4) is 17.1 Å². The van der Waals surface area contributed by atoms with E-state index in [9.17, 15) is 0 Å². The quantitative estimate of drug-likeness (QED) is 0.230. The summed E-state index contributed by atoms with van der Waals surface area (Å²) in [4.78, 5) is 10.0. The summed E-state index contributed by atoms with van der Waals surface area (Å²) in [6, 6.07) is 28.0. The number of benzene rings is 4. The summed E-state index contributed by atoms with van der Waals surface area (Å²) in [6.45, 7) is 9.04. The molecule has 0 fully saturated rings. The van der Waals surface area contributed by atoms with Gasteiger partial charge in [0, 0.05) is 20.3 Å². The lowest BCUT2D eigenvalue weighted by atomic mass is 9.82. The number of aryl methyl sites for hydroxylation is 1. The van der Waals surface area contributed by atoms with E-state index in [0.29, 0.717) is 28.3 Å². The molecule has 3 heterocycles. The van der Waals surface area contributed by atoms with E-state index in [1.54, 1.807) is 18.2 Å². The molecule has 7 aromatic rings. The molecule has 0 aliphatic carbocycles. The topological polar surface area (TPSA) is 43.9 Å². The van der Waals surface area contributed by atoms with Gasteiger partial charge in [0.1, 0.15) is 11.4 Å². The van der Waals surface area contributed by atoms with E-state index in [4.69, 9.17) is 18.5 Å². The van der Waals surface area contributed by atoms with Crippen LogP contribution in [-0.4, -0.2) is 14.5 Å². The highest BCUT2D eigenvalue weighted by molar-refractivity contribution is 6.11. The molecule has 0 spiro atoms. The van der Waals surface area contributed by atoms with E-state index >= 15 is 0 Å². The second kappa shape index (κ2) is 8.79. The first-order valence-corrected chi connectivity index (χ1v) is 13.8. The van der Waals surface area contributed by atoms with Gasteiger partial charge < -0.3 is 4.42 Å². The van der Waals surface area contributed by atoms with E-state index in [2.05, 4.69) is 81.7 Å². The van der Waals surface area contributed by atoms with E-state index < -0.39 is 6.85 Å². The molecule has 0 aliphatic rings. The first kappa shape index (κ1) is 21.4. The molecule has 198 valence electrons. The number of fused-ring (bicyclic) bond motifs is 5. The Bertz CT molecular complexity index is 2200. The van der Waals surface area contributed by atoms with Crippen LogP contribution in [0.2, 0.25) is 0 Å². The highest BCUT2D eigenvalue weighted by Gasteiger charge is 2.27. The first-order chi connectivity index (χ1) is 20.4. The number of rotatable bonds is 3. The first-order valence-electron chi connectivity index (χ1n) is 15.3. The van der Waals surface area contributed by atoms with Crippen molar-refractivity contribution in [3.63, 3.8) is 0 Å². The lowest BCUT2D eigenvalue weighted by molar-refractivity contribution is 0.585. The number of para-hydroxylation sites is 4. The molecular formula is C36H33N3O. The third-order valence-electron chi connectivity index (χ3n) is 7.81. The fraction of sp³-hybridized carbons (Fsp3) is 0.222. The number of pyridine rings is 1. The Morgan fingerprint density at radius 2 is 1.65 bits per heavy atom. The normalized spacial score (nSPS) is 13.9. The maximum atomic E-state index is 7.85. The SMILES string of the molecule is [2H]C([2H])([2H])c1ccc2nc3oc4c(-c5nc6ccccc6n5-c5c(C(C)C)cccc5C(C)(C)C)cccc4c3cc2c1. The molecule has 4 nitrogen and oxygen atoms in total. The van der Waals surface area contributed by atoms with Gasteiger partial charge in [0.2, 0.25) is 5.71 Å². The minimum absolute atomic E-state index is 0.105. The fourth-order valence-electron chi connectivity index (χ4n) is 5.88. The molecule has 0 unspecified atom stereocenters. The van der Waals surface area contributed by atoms with Crippen molar-refractivity contribution in [2.45, 2.75) is 52.8 Å². The van der Waals surface area contributed by atoms with Crippen LogP contribution in [0.25, 0.3) is 61.1 Å². The molecule has 40 heavy (non-hydrogen) atoms. The van der Waals surface area contributed by atoms with Crippen LogP contribution in [0.15, 0.2) is 89.3 Å². The van der Waals surface area contributed by atoms with E-state index in [1.807, 2.05) is 24.3 Å². The van der Waals surface area contributed by atoms with Crippen LogP contribution >= 0.6 is 0 Å². The second-order valence-electron chi connectivity index (χ2n) is 11.9. The number of nitrogens with zero attached hydrogens (tertiary/aromatic N) is 3. The molecule has 0 saturated carbocycles. The van der Waals surface area contributed by atoms with Gasteiger partial charge in [-0.05, 0) is 65.7 Å². The molecule has 0 saturated heterocycles. The lowest BCUT2D eigenvalue weighted by Gasteiger charge is -2.28. The van der Waals surface area contributed by atoms with Gasteiger partial charge in [-0.25, -0.2) is 9.97 Å². The van der Waals surface area contributed by atoms with Crippen LogP contribution < -0.4 is 0 Å². The van der Waals surface area contributed by atoms with Gasteiger partial charge in [-0.2, -0.15) is 0 Å². The lowest BCUT2D eigenvalue weighted by Crippen LogP contribution is -2.18. The Balaban J connectivity index is 1.56. The van der Waals surface area contributed by atoms with Gasteiger partial charge >= 0.3 is 0 Å². The van der Waals surface area contributed by atoms with Crippen LogP contribution in [0, 0.1) is 6.85 Å². The standard InChI is InChI=1S/C36H33N3O/c1-21(2)24-11-10-14-28(36(4,5)6)32(24)39-31-16-8-7-15-30(31)37-34(39)26-13-9-12-25-27-20-23-19-22(3)17-18-29(23)38-35(27)40-33(25)26/h7-21H,1-6H3/i3D3. The molecule has 0 bridgehead atoms. The van der Waals surface area contributed by atoms with Gasteiger partial charge in [0.15, 0.2) is 0 Å². The predicted octanol–water partition coefficient (Wildman–Crippen LogP) is 9.87. The number of furan rings is 1. The third kappa shape index (κ3) is 3.74. The van der Waals surface area contributed by atoms with E-state index in [0.717, 1.165) is 44.3 Å². The summed E-state index contributed by atoms with van der Waals surface area (Å²) in [5, 5.41) is 2.52. The Labute approximate surface area is 238 Å². The Morgan fingerprint density at radius 1 is 0.825 bits per heavy atom.